The Hall–Kier alpha value is -7.04. The standard InChI is InChI=1S/C71H90N6O21S2.Na/c1-4-5-12-31-94-57-38-51(66(88)72-29-36-99-34-13-32-95-70(68(90)91)39-53(80)58(76-43(2)78)62(97-70)60(84)55(82)41-74-64(86)49-23-19-47(20-24-49)45-15-8-6-9-16-45)27-28-52(57)67(89)73-30-37-100-35-14-33-96-71(69(92)93)40-54(81)59(77-44(3)79)63(98-71)61(85)56(83)42-75-65(87)50-25-21-48(22-26-50)46-17-10-7-11-18-46;/h6-11,15-28,38,53-56,58-63,80-85H,4-5,12-14,29-37,39-42H2,1-3H3,(H,72,88)(H,73,89)(H,74,86)(H,75,87)(H,76,78)(H,77,79)(H,90,91)(H,92,93);/q;+1/t53-,54-,55+,56+,58+,59+,60?,61?,62+,63+,70+,71+;/m0./s1. The van der Waals surface area contributed by atoms with Crippen LogP contribution in [0.2, 0.25) is 0 Å². The SMILES string of the molecule is CCCCCOc1cc(C(=O)NCCSCCCO[C@]2(C(=O)O)C[C@H](O)[C@@H](NC(C)=O)[C@H](C(O)[C@H](O)CNC(=O)c3ccc(-c4ccccc4)cc3)O2)ccc1C(=O)NCCSCCCO[C@]1(C(=O)O)C[C@H](O)[C@@H](NC(C)=O)[C@H](C(O)[C@H](O)CNC(=O)c2ccc(-c3ccccc3)cc2)O1.[Na+]. The third-order valence-electron chi connectivity index (χ3n) is 16.5. The number of aliphatic carboxylic acids is 2. The summed E-state index contributed by atoms with van der Waals surface area (Å²) in [5.74, 6) is -9.71. The Morgan fingerprint density at radius 2 is 0.901 bits per heavy atom. The molecular formula is C71H90N6NaO21S2+. The molecule has 0 saturated carbocycles. The number of unbranched alkanes of at least 4 members (excludes halogenated alkanes) is 2. The average molecular weight is 1450 g/mol. The zero-order valence-corrected chi connectivity index (χ0v) is 60.5. The van der Waals surface area contributed by atoms with Gasteiger partial charge in [-0.2, -0.15) is 23.5 Å². The molecule has 2 fully saturated rings. The van der Waals surface area contributed by atoms with Crippen LogP contribution in [0, 0.1) is 0 Å². The van der Waals surface area contributed by atoms with E-state index in [-0.39, 0.29) is 103 Å². The largest absolute Gasteiger partial charge is 1.00 e. The number of thioether (sulfide) groups is 2. The normalized spacial score (nSPS) is 21.4. The van der Waals surface area contributed by atoms with Crippen molar-refractivity contribution in [3.8, 4) is 28.0 Å². The van der Waals surface area contributed by atoms with Crippen molar-refractivity contribution < 1.29 is 132 Å². The molecule has 0 bridgehead atoms. The number of ether oxygens (including phenoxy) is 5. The van der Waals surface area contributed by atoms with E-state index in [0.717, 1.165) is 48.9 Å². The van der Waals surface area contributed by atoms with Crippen molar-refractivity contribution in [3.63, 3.8) is 0 Å². The molecule has 2 heterocycles. The summed E-state index contributed by atoms with van der Waals surface area (Å²) in [7, 11) is 0. The first-order chi connectivity index (χ1) is 48.0. The van der Waals surface area contributed by atoms with Gasteiger partial charge in [0.2, 0.25) is 11.8 Å². The molecule has 2 saturated heterocycles. The minimum Gasteiger partial charge on any atom is -0.493 e. The number of carbonyl (C=O) groups is 8. The fourth-order valence-corrected chi connectivity index (χ4v) is 12.8. The Labute approximate surface area is 616 Å². The molecule has 5 aromatic carbocycles. The monoisotopic (exact) mass is 1450 g/mol. The van der Waals surface area contributed by atoms with E-state index in [1.165, 1.54) is 41.7 Å². The van der Waals surface area contributed by atoms with E-state index in [0.29, 0.717) is 29.4 Å². The number of amides is 6. The van der Waals surface area contributed by atoms with Crippen LogP contribution in [-0.4, -0.2) is 230 Å². The van der Waals surface area contributed by atoms with Crippen LogP contribution in [0.5, 0.6) is 5.75 Å². The Kier molecular flexibility index (Phi) is 33.9. The van der Waals surface area contributed by atoms with Gasteiger partial charge in [-0.25, -0.2) is 9.59 Å². The van der Waals surface area contributed by atoms with Crippen LogP contribution in [-0.2, 0) is 38.1 Å². The van der Waals surface area contributed by atoms with Crippen LogP contribution in [0.3, 0.4) is 0 Å². The summed E-state index contributed by atoms with van der Waals surface area (Å²) >= 11 is 2.83. The Bertz CT molecular complexity index is 3500. The molecule has 101 heavy (non-hydrogen) atoms. The summed E-state index contributed by atoms with van der Waals surface area (Å²) in [6, 6.07) is 34.1. The molecular weight excluding hydrogens is 1360 g/mol. The van der Waals surface area contributed by atoms with Crippen molar-refractivity contribution in [1.82, 2.24) is 31.9 Å². The zero-order chi connectivity index (χ0) is 72.4. The van der Waals surface area contributed by atoms with E-state index in [9.17, 15) is 79.2 Å². The topological polar surface area (TPSA) is 417 Å². The van der Waals surface area contributed by atoms with Crippen LogP contribution < -0.4 is 66.2 Å². The Balaban J connectivity index is 0.0000161. The van der Waals surface area contributed by atoms with Gasteiger partial charge in [-0.05, 0) is 95.5 Å². The maximum Gasteiger partial charge on any atom is 1.00 e. The van der Waals surface area contributed by atoms with Gasteiger partial charge in [-0.15, -0.1) is 0 Å². The molecule has 5 aromatic rings. The number of aliphatic hydroxyl groups excluding tert-OH is 6. The fourth-order valence-electron chi connectivity index (χ4n) is 11.2. The van der Waals surface area contributed by atoms with E-state index < -0.39 is 146 Å². The second-order valence-electron chi connectivity index (χ2n) is 24.1. The summed E-state index contributed by atoms with van der Waals surface area (Å²) in [5, 5.41) is 104. The molecule has 12 atom stereocenters. The number of carboxylic acids is 2. The average Bonchev–Trinajstić information content (AvgIpc) is 0.774. The van der Waals surface area contributed by atoms with Gasteiger partial charge in [0.25, 0.3) is 35.2 Å². The molecule has 0 aromatic heterocycles. The summed E-state index contributed by atoms with van der Waals surface area (Å²) in [5.41, 5.74) is 4.58. The van der Waals surface area contributed by atoms with E-state index in [1.807, 2.05) is 67.6 Å². The van der Waals surface area contributed by atoms with Gasteiger partial charge in [-0.1, -0.05) is 105 Å². The van der Waals surface area contributed by atoms with E-state index in [2.05, 4.69) is 31.9 Å². The van der Waals surface area contributed by atoms with Crippen molar-refractivity contribution in [2.45, 2.75) is 138 Å². The number of hydrogen-bond donors (Lipinski definition) is 14. The van der Waals surface area contributed by atoms with E-state index >= 15 is 0 Å². The van der Waals surface area contributed by atoms with Gasteiger partial charge in [0.1, 0.15) is 30.2 Å². The first-order valence-electron chi connectivity index (χ1n) is 33.0. The molecule has 6 amide bonds. The quantitative estimate of drug-likeness (QED) is 0.0188. The molecule has 0 radical (unpaired) electrons. The number of carbonyl (C=O) groups excluding carboxylic acids is 6. The molecule has 30 heteroatoms. The summed E-state index contributed by atoms with van der Waals surface area (Å²) in [4.78, 5) is 103. The Morgan fingerprint density at radius 3 is 1.31 bits per heavy atom. The Morgan fingerprint density at radius 1 is 0.505 bits per heavy atom. The maximum absolute atomic E-state index is 13.6. The molecule has 0 aliphatic carbocycles. The van der Waals surface area contributed by atoms with Crippen molar-refractivity contribution in [3.05, 3.63) is 150 Å². The molecule has 0 spiro atoms. The molecule has 27 nitrogen and oxygen atoms in total. The number of aliphatic hydroxyl groups is 6. The number of nitrogens with one attached hydrogen (secondary N) is 6. The molecule has 542 valence electrons. The van der Waals surface area contributed by atoms with E-state index in [4.69, 9.17) is 23.7 Å². The van der Waals surface area contributed by atoms with Gasteiger partial charge < -0.3 is 96.4 Å². The minimum atomic E-state index is -2.51. The molecule has 14 N–H and O–H groups in total. The zero-order valence-electron chi connectivity index (χ0n) is 56.8. The first-order valence-corrected chi connectivity index (χ1v) is 35.4. The predicted molar refractivity (Wildman–Crippen MR) is 371 cm³/mol. The number of carboxylic acid groups (broad SMARTS) is 2. The van der Waals surface area contributed by atoms with Crippen molar-refractivity contribution in [2.24, 2.45) is 0 Å². The van der Waals surface area contributed by atoms with Crippen LogP contribution >= 0.6 is 23.5 Å². The van der Waals surface area contributed by atoms with Crippen LogP contribution in [0.4, 0.5) is 0 Å². The smallest absolute Gasteiger partial charge is 0.493 e. The van der Waals surface area contributed by atoms with Gasteiger partial charge in [-0.3, -0.25) is 28.8 Å². The number of hydrogen-bond acceptors (Lipinski definition) is 21. The van der Waals surface area contributed by atoms with Gasteiger partial charge in [0.05, 0.1) is 61.9 Å². The fraction of sp³-hybridized carbons (Fsp3) is 0.465. The van der Waals surface area contributed by atoms with Gasteiger partial charge >= 0.3 is 41.5 Å². The maximum atomic E-state index is 13.6. The molecule has 2 unspecified atom stereocenters. The summed E-state index contributed by atoms with van der Waals surface area (Å²) in [6.07, 6.45) is -12.4. The molecule has 2 aliphatic rings. The van der Waals surface area contributed by atoms with Gasteiger partial charge in [0, 0.05) is 81.1 Å². The third-order valence-corrected chi connectivity index (χ3v) is 18.7. The third kappa shape index (κ3) is 24.3. The number of benzene rings is 5. The second-order valence-corrected chi connectivity index (χ2v) is 26.6. The minimum absolute atomic E-state index is 0. The van der Waals surface area contributed by atoms with Crippen LogP contribution in [0.1, 0.15) is 107 Å². The predicted octanol–water partition coefficient (Wildman–Crippen LogP) is 0.507. The van der Waals surface area contributed by atoms with Crippen LogP contribution in [0.25, 0.3) is 22.3 Å². The van der Waals surface area contributed by atoms with E-state index in [1.54, 1.807) is 48.5 Å². The van der Waals surface area contributed by atoms with Crippen molar-refractivity contribution in [2.75, 3.05) is 69.0 Å². The molecule has 2 aliphatic heterocycles. The first kappa shape index (κ1) is 82.9. The molecule has 7 rings (SSSR count). The van der Waals surface area contributed by atoms with Crippen molar-refractivity contribution in [1.29, 1.82) is 0 Å². The second kappa shape index (κ2) is 41.3. The summed E-state index contributed by atoms with van der Waals surface area (Å²) in [6.45, 7) is 3.61. The van der Waals surface area contributed by atoms with Crippen molar-refractivity contribution >= 4 is 70.9 Å². The van der Waals surface area contributed by atoms with Crippen LogP contribution in [0.15, 0.2) is 127 Å². The summed E-state index contributed by atoms with van der Waals surface area (Å²) < 4.78 is 29.3. The number of rotatable bonds is 39. The van der Waals surface area contributed by atoms with Gasteiger partial charge in [0.15, 0.2) is 0 Å².